The van der Waals surface area contributed by atoms with Crippen LogP contribution < -0.4 is 5.73 Å². The molecule has 2 N–H and O–H groups in total. The second-order valence-corrected chi connectivity index (χ2v) is 3.93. The number of nitrogens with zero attached hydrogens (tertiary/aromatic N) is 2. The Morgan fingerprint density at radius 2 is 2.19 bits per heavy atom. The minimum absolute atomic E-state index is 0.178. The Bertz CT molecular complexity index is 503. The maximum Gasteiger partial charge on any atom is 0.147 e. The van der Waals surface area contributed by atoms with E-state index in [0.29, 0.717) is 5.69 Å². The van der Waals surface area contributed by atoms with Crippen molar-refractivity contribution in [2.45, 2.75) is 19.9 Å². The average Bonchev–Trinajstić information content (AvgIpc) is 2.66. The molecule has 0 radical (unpaired) electrons. The van der Waals surface area contributed by atoms with Gasteiger partial charge in [-0.05, 0) is 31.5 Å². The van der Waals surface area contributed by atoms with Gasteiger partial charge in [-0.1, -0.05) is 6.07 Å². The quantitative estimate of drug-likeness (QED) is 0.842. The largest absolute Gasteiger partial charge is 0.323 e. The predicted octanol–water partition coefficient (Wildman–Crippen LogP) is 2.34. The van der Waals surface area contributed by atoms with E-state index in [-0.39, 0.29) is 11.9 Å². The van der Waals surface area contributed by atoms with Crippen molar-refractivity contribution in [3.05, 3.63) is 47.8 Å². The summed E-state index contributed by atoms with van der Waals surface area (Å²) in [6.07, 6.45) is 3.23. The first-order valence-electron chi connectivity index (χ1n) is 5.14. The molecular weight excluding hydrogens is 205 g/mol. The van der Waals surface area contributed by atoms with Crippen LogP contribution in [0.5, 0.6) is 0 Å². The van der Waals surface area contributed by atoms with Crippen molar-refractivity contribution >= 4 is 0 Å². The zero-order valence-electron chi connectivity index (χ0n) is 9.31. The Morgan fingerprint density at radius 3 is 2.81 bits per heavy atom. The van der Waals surface area contributed by atoms with Gasteiger partial charge in [0.1, 0.15) is 5.82 Å². The van der Waals surface area contributed by atoms with Crippen molar-refractivity contribution in [1.82, 2.24) is 9.55 Å². The molecule has 1 aromatic heterocycles. The van der Waals surface area contributed by atoms with Gasteiger partial charge in [0.05, 0.1) is 23.9 Å². The molecule has 0 aliphatic rings. The summed E-state index contributed by atoms with van der Waals surface area (Å²) in [6.45, 7) is 3.70. The summed E-state index contributed by atoms with van der Waals surface area (Å²) in [5.74, 6) is -0.264. The fourth-order valence-corrected chi connectivity index (χ4v) is 1.65. The number of aromatic nitrogens is 2. The van der Waals surface area contributed by atoms with E-state index < -0.39 is 0 Å². The normalized spacial score (nSPS) is 12.8. The lowest BCUT2D eigenvalue weighted by molar-refractivity contribution is 0.611. The first kappa shape index (κ1) is 10.8. The highest BCUT2D eigenvalue weighted by molar-refractivity contribution is 5.38. The molecule has 2 rings (SSSR count). The number of hydrogen-bond donors (Lipinski definition) is 1. The van der Waals surface area contributed by atoms with Crippen LogP contribution in [-0.4, -0.2) is 9.55 Å². The number of imidazole rings is 1. The lowest BCUT2D eigenvalue weighted by Gasteiger charge is -2.11. The molecule has 1 heterocycles. The molecule has 1 aromatic carbocycles. The standard InChI is InChI=1S/C12H14FN3/c1-8-3-4-11(10(13)5-8)16-7-15-6-12(16)9(2)14/h3-7,9H,14H2,1-2H3/t9-/m0/s1. The van der Waals surface area contributed by atoms with Crippen LogP contribution >= 0.6 is 0 Å². The SMILES string of the molecule is Cc1ccc(-n2cncc2[C@H](C)N)c(F)c1. The van der Waals surface area contributed by atoms with E-state index >= 15 is 0 Å². The van der Waals surface area contributed by atoms with E-state index in [1.54, 1.807) is 23.2 Å². The van der Waals surface area contributed by atoms with Gasteiger partial charge in [-0.2, -0.15) is 0 Å². The van der Waals surface area contributed by atoms with Gasteiger partial charge in [0.2, 0.25) is 0 Å². The molecule has 1 atom stereocenters. The summed E-state index contributed by atoms with van der Waals surface area (Å²) < 4.78 is 15.4. The summed E-state index contributed by atoms with van der Waals surface area (Å²) in [4.78, 5) is 4.00. The van der Waals surface area contributed by atoms with Crippen molar-refractivity contribution in [3.8, 4) is 5.69 Å². The van der Waals surface area contributed by atoms with Crippen molar-refractivity contribution < 1.29 is 4.39 Å². The van der Waals surface area contributed by atoms with Crippen LogP contribution in [0.4, 0.5) is 4.39 Å². The van der Waals surface area contributed by atoms with Gasteiger partial charge in [0.15, 0.2) is 0 Å². The van der Waals surface area contributed by atoms with Gasteiger partial charge < -0.3 is 5.73 Å². The third-order valence-electron chi connectivity index (χ3n) is 2.50. The zero-order valence-corrected chi connectivity index (χ0v) is 9.31. The average molecular weight is 219 g/mol. The number of halogens is 1. The Hall–Kier alpha value is -1.68. The van der Waals surface area contributed by atoms with Gasteiger partial charge in [0, 0.05) is 6.04 Å². The van der Waals surface area contributed by atoms with Gasteiger partial charge in [-0.15, -0.1) is 0 Å². The van der Waals surface area contributed by atoms with E-state index in [1.165, 1.54) is 6.07 Å². The maximum absolute atomic E-state index is 13.8. The monoisotopic (exact) mass is 219 g/mol. The third kappa shape index (κ3) is 1.84. The Kier molecular flexibility index (Phi) is 2.75. The highest BCUT2D eigenvalue weighted by Gasteiger charge is 2.11. The molecule has 0 fully saturated rings. The summed E-state index contributed by atoms with van der Waals surface area (Å²) in [7, 11) is 0. The van der Waals surface area contributed by atoms with E-state index in [9.17, 15) is 4.39 Å². The van der Waals surface area contributed by atoms with Crippen molar-refractivity contribution in [2.24, 2.45) is 5.73 Å². The van der Waals surface area contributed by atoms with E-state index in [0.717, 1.165) is 11.3 Å². The molecule has 0 spiro atoms. The number of aryl methyl sites for hydroxylation is 1. The second kappa shape index (κ2) is 4.06. The van der Waals surface area contributed by atoms with Crippen molar-refractivity contribution in [1.29, 1.82) is 0 Å². The molecule has 0 aliphatic heterocycles. The molecular formula is C12H14FN3. The van der Waals surface area contributed by atoms with Crippen molar-refractivity contribution in [3.63, 3.8) is 0 Å². The fourth-order valence-electron chi connectivity index (χ4n) is 1.65. The van der Waals surface area contributed by atoms with Crippen molar-refractivity contribution in [2.75, 3.05) is 0 Å². The summed E-state index contributed by atoms with van der Waals surface area (Å²) in [5, 5.41) is 0. The van der Waals surface area contributed by atoms with Gasteiger partial charge >= 0.3 is 0 Å². The van der Waals surface area contributed by atoms with E-state index in [2.05, 4.69) is 4.98 Å². The number of nitrogens with two attached hydrogens (primary N) is 1. The molecule has 3 nitrogen and oxygen atoms in total. The Balaban J connectivity index is 2.54. The molecule has 0 amide bonds. The van der Waals surface area contributed by atoms with Crippen LogP contribution in [0.3, 0.4) is 0 Å². The first-order chi connectivity index (χ1) is 7.59. The highest BCUT2D eigenvalue weighted by atomic mass is 19.1. The maximum atomic E-state index is 13.8. The number of rotatable bonds is 2. The molecule has 16 heavy (non-hydrogen) atoms. The van der Waals surface area contributed by atoms with Crippen LogP contribution in [0.25, 0.3) is 5.69 Å². The highest BCUT2D eigenvalue weighted by Crippen LogP contribution is 2.19. The second-order valence-electron chi connectivity index (χ2n) is 3.93. The van der Waals surface area contributed by atoms with Crippen LogP contribution in [0.15, 0.2) is 30.7 Å². The first-order valence-corrected chi connectivity index (χ1v) is 5.14. The molecule has 0 saturated carbocycles. The summed E-state index contributed by atoms with van der Waals surface area (Å²) >= 11 is 0. The smallest absolute Gasteiger partial charge is 0.147 e. The predicted molar refractivity (Wildman–Crippen MR) is 60.9 cm³/mol. The molecule has 0 saturated heterocycles. The van der Waals surface area contributed by atoms with E-state index in [1.807, 2.05) is 19.9 Å². The zero-order chi connectivity index (χ0) is 11.7. The third-order valence-corrected chi connectivity index (χ3v) is 2.50. The molecule has 0 unspecified atom stereocenters. The number of hydrogen-bond acceptors (Lipinski definition) is 2. The summed E-state index contributed by atoms with van der Waals surface area (Å²) in [6, 6.07) is 4.92. The Labute approximate surface area is 93.7 Å². The van der Waals surface area contributed by atoms with E-state index in [4.69, 9.17) is 5.73 Å². The molecule has 0 aliphatic carbocycles. The lowest BCUT2D eigenvalue weighted by Crippen LogP contribution is -2.11. The lowest BCUT2D eigenvalue weighted by atomic mass is 10.2. The minimum atomic E-state index is -0.264. The van der Waals surface area contributed by atoms with Crippen LogP contribution in [0.1, 0.15) is 24.2 Å². The minimum Gasteiger partial charge on any atom is -0.323 e. The van der Waals surface area contributed by atoms with Crippen LogP contribution in [-0.2, 0) is 0 Å². The topological polar surface area (TPSA) is 43.8 Å². The van der Waals surface area contributed by atoms with Gasteiger partial charge in [-0.25, -0.2) is 9.37 Å². The molecule has 4 heteroatoms. The van der Waals surface area contributed by atoms with Crippen LogP contribution in [0.2, 0.25) is 0 Å². The Morgan fingerprint density at radius 1 is 1.44 bits per heavy atom. The van der Waals surface area contributed by atoms with Gasteiger partial charge in [-0.3, -0.25) is 4.57 Å². The molecule has 0 bridgehead atoms. The van der Waals surface area contributed by atoms with Crippen LogP contribution in [0, 0.1) is 12.7 Å². The fraction of sp³-hybridized carbons (Fsp3) is 0.250. The number of benzene rings is 1. The molecule has 2 aromatic rings. The van der Waals surface area contributed by atoms with Gasteiger partial charge in [0.25, 0.3) is 0 Å². The molecule has 84 valence electrons. The summed E-state index contributed by atoms with van der Waals surface area (Å²) in [5.41, 5.74) is 7.96.